The van der Waals surface area contributed by atoms with Crippen LogP contribution in [0.25, 0.3) is 0 Å². The van der Waals surface area contributed by atoms with Gasteiger partial charge in [0.1, 0.15) is 11.4 Å². The Bertz CT molecular complexity index is 609. The number of rotatable bonds is 5. The molecule has 2 aromatic heterocycles. The Hall–Kier alpha value is -2.14. The highest BCUT2D eigenvalue weighted by Crippen LogP contribution is 2.23. The summed E-state index contributed by atoms with van der Waals surface area (Å²) in [5.41, 5.74) is 0. The van der Waals surface area contributed by atoms with Gasteiger partial charge in [-0.15, -0.1) is 10.2 Å². The minimum atomic E-state index is -2.26. The van der Waals surface area contributed by atoms with Crippen LogP contribution in [0.4, 0.5) is 5.82 Å². The van der Waals surface area contributed by atoms with E-state index >= 15 is 0 Å². The first-order chi connectivity index (χ1) is 9.00. The summed E-state index contributed by atoms with van der Waals surface area (Å²) in [6.07, 6.45) is 2.09. The predicted octanol–water partition coefficient (Wildman–Crippen LogP) is 0.217. The molecule has 0 aliphatic carbocycles. The number of hydrogen-bond acceptors (Lipinski definition) is 7. The number of aromatic nitrogens is 4. The lowest BCUT2D eigenvalue weighted by Crippen LogP contribution is -2.13. The van der Waals surface area contributed by atoms with Crippen LogP contribution in [-0.4, -0.2) is 33.4 Å². The van der Waals surface area contributed by atoms with E-state index < -0.39 is 21.3 Å². The molecule has 0 aliphatic rings. The summed E-state index contributed by atoms with van der Waals surface area (Å²) in [6, 6.07) is 0. The SMILES string of the molecule is Cn1c([N+](=O)[O-])cnc1CC(c1nnco1)S(=O)O. The van der Waals surface area contributed by atoms with Gasteiger partial charge < -0.3 is 19.1 Å². The molecule has 0 saturated heterocycles. The predicted molar refractivity (Wildman–Crippen MR) is 61.4 cm³/mol. The Morgan fingerprint density at radius 2 is 2.42 bits per heavy atom. The standard InChI is InChI=1S/C8H9N5O5S/c1-12-6(9-3-7(12)13(14)15)2-5(19(16)17)8-11-10-4-18-8/h3-5H,2H2,1H3,(H,16,17). The fourth-order valence-electron chi connectivity index (χ4n) is 1.53. The van der Waals surface area contributed by atoms with Gasteiger partial charge in [-0.25, -0.2) is 13.8 Å². The van der Waals surface area contributed by atoms with Gasteiger partial charge in [0.15, 0.2) is 16.9 Å². The van der Waals surface area contributed by atoms with Gasteiger partial charge in [-0.3, -0.25) is 0 Å². The van der Waals surface area contributed by atoms with Crippen LogP contribution in [0.15, 0.2) is 17.0 Å². The molecule has 0 fully saturated rings. The molecule has 0 aliphatic heterocycles. The third-order valence-electron chi connectivity index (χ3n) is 2.51. The summed E-state index contributed by atoms with van der Waals surface area (Å²) < 4.78 is 26.6. The van der Waals surface area contributed by atoms with Crippen molar-refractivity contribution < 1.29 is 18.1 Å². The molecular formula is C8H9N5O5S. The average Bonchev–Trinajstić information content (AvgIpc) is 2.95. The Morgan fingerprint density at radius 1 is 1.68 bits per heavy atom. The van der Waals surface area contributed by atoms with Crippen molar-refractivity contribution in [3.05, 3.63) is 34.4 Å². The summed E-state index contributed by atoms with van der Waals surface area (Å²) in [7, 11) is 1.45. The third-order valence-corrected chi connectivity index (χ3v) is 3.37. The molecule has 102 valence electrons. The summed E-state index contributed by atoms with van der Waals surface area (Å²) >= 11 is -2.26. The molecule has 2 aromatic rings. The van der Waals surface area contributed by atoms with Gasteiger partial charge in [-0.05, 0) is 4.92 Å². The van der Waals surface area contributed by atoms with E-state index in [1.54, 1.807) is 0 Å². The van der Waals surface area contributed by atoms with Gasteiger partial charge in [0.05, 0.1) is 13.5 Å². The molecule has 10 nitrogen and oxygen atoms in total. The average molecular weight is 287 g/mol. The molecule has 0 bridgehead atoms. The molecule has 0 amide bonds. The second-order valence-electron chi connectivity index (χ2n) is 3.59. The van der Waals surface area contributed by atoms with Crippen LogP contribution >= 0.6 is 0 Å². The zero-order valence-corrected chi connectivity index (χ0v) is 10.5. The van der Waals surface area contributed by atoms with E-state index in [0.29, 0.717) is 0 Å². The summed E-state index contributed by atoms with van der Waals surface area (Å²) in [4.78, 5) is 13.9. The van der Waals surface area contributed by atoms with E-state index in [4.69, 9.17) is 4.42 Å². The van der Waals surface area contributed by atoms with E-state index in [0.717, 1.165) is 12.6 Å². The molecule has 2 unspecified atom stereocenters. The van der Waals surface area contributed by atoms with Crippen LogP contribution in [-0.2, 0) is 24.5 Å². The zero-order chi connectivity index (χ0) is 14.0. The molecule has 0 spiro atoms. The number of nitrogens with zero attached hydrogens (tertiary/aromatic N) is 5. The van der Waals surface area contributed by atoms with Crippen molar-refractivity contribution in [2.75, 3.05) is 0 Å². The van der Waals surface area contributed by atoms with Gasteiger partial charge in [0.25, 0.3) is 0 Å². The van der Waals surface area contributed by atoms with Gasteiger partial charge in [-0.2, -0.15) is 0 Å². The van der Waals surface area contributed by atoms with Gasteiger partial charge in [0, 0.05) is 0 Å². The minimum Gasteiger partial charge on any atom is -0.427 e. The molecule has 1 N–H and O–H groups in total. The molecular weight excluding hydrogens is 278 g/mol. The first-order valence-corrected chi connectivity index (χ1v) is 6.18. The Morgan fingerprint density at radius 3 is 2.89 bits per heavy atom. The largest absolute Gasteiger partial charge is 0.427 e. The van der Waals surface area contributed by atoms with Crippen molar-refractivity contribution in [3.63, 3.8) is 0 Å². The normalized spacial score (nSPS) is 14.2. The number of hydrogen-bond donors (Lipinski definition) is 1. The highest BCUT2D eigenvalue weighted by molar-refractivity contribution is 7.79. The van der Waals surface area contributed by atoms with Crippen LogP contribution in [0.3, 0.4) is 0 Å². The maximum atomic E-state index is 11.3. The van der Waals surface area contributed by atoms with Crippen molar-refractivity contribution in [3.8, 4) is 0 Å². The maximum Gasteiger partial charge on any atom is 0.342 e. The lowest BCUT2D eigenvalue weighted by molar-refractivity contribution is -0.391. The van der Waals surface area contributed by atoms with Gasteiger partial charge in [-0.1, -0.05) is 0 Å². The van der Waals surface area contributed by atoms with Gasteiger partial charge >= 0.3 is 5.82 Å². The fraction of sp³-hybridized carbons (Fsp3) is 0.375. The fourth-order valence-corrected chi connectivity index (χ4v) is 2.10. The second-order valence-corrected chi connectivity index (χ2v) is 4.72. The quantitative estimate of drug-likeness (QED) is 0.468. The van der Waals surface area contributed by atoms with Crippen molar-refractivity contribution in [2.24, 2.45) is 7.05 Å². The van der Waals surface area contributed by atoms with Crippen molar-refractivity contribution >= 4 is 16.9 Å². The summed E-state index contributed by atoms with van der Waals surface area (Å²) in [6.45, 7) is 0. The maximum absolute atomic E-state index is 11.3. The van der Waals surface area contributed by atoms with E-state index in [-0.39, 0.29) is 24.0 Å². The minimum absolute atomic E-state index is 0.0218. The van der Waals surface area contributed by atoms with Crippen molar-refractivity contribution in [2.45, 2.75) is 11.7 Å². The Balaban J connectivity index is 2.28. The Kier molecular flexibility index (Phi) is 3.66. The van der Waals surface area contributed by atoms with Crippen LogP contribution in [0.5, 0.6) is 0 Å². The highest BCUT2D eigenvalue weighted by Gasteiger charge is 2.28. The van der Waals surface area contributed by atoms with Crippen LogP contribution in [0, 0.1) is 10.1 Å². The van der Waals surface area contributed by atoms with Crippen LogP contribution in [0.2, 0.25) is 0 Å². The lowest BCUT2D eigenvalue weighted by Gasteiger charge is -2.06. The highest BCUT2D eigenvalue weighted by atomic mass is 32.2. The summed E-state index contributed by atoms with van der Waals surface area (Å²) in [5.74, 6) is 0.0480. The number of nitro groups is 1. The van der Waals surface area contributed by atoms with Crippen molar-refractivity contribution in [1.82, 2.24) is 19.7 Å². The molecule has 0 radical (unpaired) electrons. The van der Waals surface area contributed by atoms with Crippen LogP contribution in [0.1, 0.15) is 17.0 Å². The van der Waals surface area contributed by atoms with E-state index in [2.05, 4.69) is 15.2 Å². The molecule has 11 heteroatoms. The first-order valence-electron chi connectivity index (χ1n) is 5.01. The molecule has 2 rings (SSSR count). The molecule has 0 aromatic carbocycles. The molecule has 2 atom stereocenters. The van der Waals surface area contributed by atoms with Crippen LogP contribution < -0.4 is 0 Å². The summed E-state index contributed by atoms with van der Waals surface area (Å²) in [5, 5.41) is 16.7. The van der Waals surface area contributed by atoms with Crippen molar-refractivity contribution in [1.29, 1.82) is 0 Å². The Labute approximate surface area is 108 Å². The first kappa shape index (κ1) is 13.3. The van der Waals surface area contributed by atoms with E-state index in [1.807, 2.05) is 0 Å². The topological polar surface area (TPSA) is 137 Å². The smallest absolute Gasteiger partial charge is 0.342 e. The monoisotopic (exact) mass is 287 g/mol. The lowest BCUT2D eigenvalue weighted by atomic mass is 10.3. The molecule has 0 saturated carbocycles. The molecule has 19 heavy (non-hydrogen) atoms. The second kappa shape index (κ2) is 5.24. The van der Waals surface area contributed by atoms with E-state index in [9.17, 15) is 18.9 Å². The zero-order valence-electron chi connectivity index (χ0n) is 9.66. The third kappa shape index (κ3) is 2.66. The molecule has 2 heterocycles. The van der Waals surface area contributed by atoms with E-state index in [1.165, 1.54) is 11.6 Å². The van der Waals surface area contributed by atoms with Gasteiger partial charge in [0.2, 0.25) is 12.3 Å². The number of imidazole rings is 1.